The van der Waals surface area contributed by atoms with Gasteiger partial charge in [0, 0.05) is 37.7 Å². The number of hydrogen-bond donors (Lipinski definition) is 1. The van der Waals surface area contributed by atoms with Crippen molar-refractivity contribution in [2.45, 2.75) is 17.9 Å². The van der Waals surface area contributed by atoms with Gasteiger partial charge in [0.15, 0.2) is 0 Å². The molecule has 2 rings (SSSR count). The van der Waals surface area contributed by atoms with Crippen LogP contribution in [0.5, 0.6) is 0 Å². The van der Waals surface area contributed by atoms with E-state index in [1.54, 1.807) is 0 Å². The molecule has 0 amide bonds. The van der Waals surface area contributed by atoms with Crippen LogP contribution in [0.25, 0.3) is 0 Å². The van der Waals surface area contributed by atoms with E-state index in [4.69, 9.17) is 10.5 Å². The van der Waals surface area contributed by atoms with E-state index in [9.17, 15) is 18.5 Å². The molecule has 22 heavy (non-hydrogen) atoms. The van der Waals surface area contributed by atoms with E-state index in [-0.39, 0.29) is 29.1 Å². The normalized spacial score (nSPS) is 22.8. The van der Waals surface area contributed by atoms with Crippen LogP contribution in [0, 0.1) is 16.0 Å². The third kappa shape index (κ3) is 3.27. The SMILES string of the molecule is CCO[C@@H]1CN(S(=O)(=O)c2ccc([N+](=O)[O-])cc2)C[C@H]1CN. The molecular formula is C13H19N3O5S. The Hall–Kier alpha value is -1.55. The van der Waals surface area contributed by atoms with E-state index in [1.165, 1.54) is 28.6 Å². The summed E-state index contributed by atoms with van der Waals surface area (Å²) in [6.45, 7) is 3.22. The van der Waals surface area contributed by atoms with E-state index >= 15 is 0 Å². The zero-order valence-corrected chi connectivity index (χ0v) is 13.0. The Kier molecular flexibility index (Phi) is 5.12. The topological polar surface area (TPSA) is 116 Å². The second-order valence-electron chi connectivity index (χ2n) is 5.06. The van der Waals surface area contributed by atoms with Gasteiger partial charge >= 0.3 is 0 Å². The number of sulfonamides is 1. The summed E-state index contributed by atoms with van der Waals surface area (Å²) in [5, 5.41) is 10.6. The minimum Gasteiger partial charge on any atom is -0.377 e. The Bertz CT molecular complexity index is 632. The summed E-state index contributed by atoms with van der Waals surface area (Å²) in [6, 6.07) is 4.87. The number of non-ortho nitro benzene ring substituents is 1. The maximum Gasteiger partial charge on any atom is 0.269 e. The summed E-state index contributed by atoms with van der Waals surface area (Å²) in [4.78, 5) is 10.1. The molecule has 9 heteroatoms. The molecular weight excluding hydrogens is 310 g/mol. The third-order valence-corrected chi connectivity index (χ3v) is 5.56. The molecule has 1 saturated heterocycles. The Morgan fingerprint density at radius 2 is 2.00 bits per heavy atom. The van der Waals surface area contributed by atoms with Crippen molar-refractivity contribution in [3.8, 4) is 0 Å². The van der Waals surface area contributed by atoms with E-state index in [0.717, 1.165) is 0 Å². The minimum absolute atomic E-state index is 0.0334. The second kappa shape index (κ2) is 6.69. The number of nitrogens with zero attached hydrogens (tertiary/aromatic N) is 2. The van der Waals surface area contributed by atoms with Crippen LogP contribution in [0.4, 0.5) is 5.69 Å². The number of nitrogens with two attached hydrogens (primary N) is 1. The molecule has 122 valence electrons. The fourth-order valence-electron chi connectivity index (χ4n) is 2.52. The van der Waals surface area contributed by atoms with Crippen molar-refractivity contribution < 1.29 is 18.1 Å². The van der Waals surface area contributed by atoms with E-state index in [1.807, 2.05) is 6.92 Å². The van der Waals surface area contributed by atoms with Gasteiger partial charge in [-0.3, -0.25) is 10.1 Å². The molecule has 1 aromatic rings. The molecule has 0 saturated carbocycles. The molecule has 1 heterocycles. The maximum atomic E-state index is 12.6. The zero-order chi connectivity index (χ0) is 16.3. The summed E-state index contributed by atoms with van der Waals surface area (Å²) in [6.07, 6.45) is -0.220. The standard InChI is InChI=1S/C13H19N3O5S/c1-2-21-13-9-15(8-10(13)7-14)22(19,20)12-5-3-11(4-6-12)16(17)18/h3-6,10,13H,2,7-9,14H2,1H3/t10-,13-/m1/s1. The van der Waals surface area contributed by atoms with Crippen molar-refractivity contribution in [1.82, 2.24) is 4.31 Å². The second-order valence-corrected chi connectivity index (χ2v) is 7.00. The van der Waals surface area contributed by atoms with Gasteiger partial charge in [-0.1, -0.05) is 0 Å². The molecule has 0 aliphatic carbocycles. The highest BCUT2D eigenvalue weighted by atomic mass is 32.2. The van der Waals surface area contributed by atoms with Gasteiger partial charge in [0.25, 0.3) is 5.69 Å². The smallest absolute Gasteiger partial charge is 0.269 e. The first-order valence-corrected chi connectivity index (χ1v) is 8.40. The lowest BCUT2D eigenvalue weighted by Crippen LogP contribution is -2.30. The van der Waals surface area contributed by atoms with Gasteiger partial charge in [0.2, 0.25) is 10.0 Å². The number of rotatable bonds is 6. The highest BCUT2D eigenvalue weighted by Gasteiger charge is 2.39. The van der Waals surface area contributed by atoms with Gasteiger partial charge in [0.1, 0.15) is 0 Å². The summed E-state index contributed by atoms with van der Waals surface area (Å²) in [7, 11) is -3.70. The average molecular weight is 329 g/mol. The average Bonchev–Trinajstić information content (AvgIpc) is 2.91. The molecule has 0 unspecified atom stereocenters. The number of hydrogen-bond acceptors (Lipinski definition) is 6. The van der Waals surface area contributed by atoms with Crippen molar-refractivity contribution in [3.63, 3.8) is 0 Å². The first-order valence-electron chi connectivity index (χ1n) is 6.96. The largest absolute Gasteiger partial charge is 0.377 e. The monoisotopic (exact) mass is 329 g/mol. The molecule has 2 atom stereocenters. The summed E-state index contributed by atoms with van der Waals surface area (Å²) < 4.78 is 32.0. The third-order valence-electron chi connectivity index (χ3n) is 3.72. The van der Waals surface area contributed by atoms with Crippen molar-refractivity contribution in [2.24, 2.45) is 11.7 Å². The molecule has 1 aliphatic rings. The molecule has 2 N–H and O–H groups in total. The van der Waals surface area contributed by atoms with Crippen molar-refractivity contribution >= 4 is 15.7 Å². The molecule has 1 fully saturated rings. The fraction of sp³-hybridized carbons (Fsp3) is 0.538. The van der Waals surface area contributed by atoms with E-state index in [0.29, 0.717) is 19.7 Å². The number of ether oxygens (including phenoxy) is 1. The predicted octanol–water partition coefficient (Wildman–Crippen LogP) is 0.579. The molecule has 1 aliphatic heterocycles. The Balaban J connectivity index is 2.21. The number of nitro groups is 1. The van der Waals surface area contributed by atoms with Crippen molar-refractivity contribution in [3.05, 3.63) is 34.4 Å². The molecule has 0 aromatic heterocycles. The fourth-order valence-corrected chi connectivity index (χ4v) is 4.03. The molecule has 8 nitrogen and oxygen atoms in total. The van der Waals surface area contributed by atoms with E-state index < -0.39 is 14.9 Å². The van der Waals surface area contributed by atoms with Crippen LogP contribution in [0.2, 0.25) is 0 Å². The van der Waals surface area contributed by atoms with Gasteiger partial charge in [0.05, 0.1) is 15.9 Å². The van der Waals surface area contributed by atoms with Gasteiger partial charge in [-0.25, -0.2) is 8.42 Å². The summed E-state index contributed by atoms with van der Waals surface area (Å²) >= 11 is 0. The van der Waals surface area contributed by atoms with Gasteiger partial charge in [-0.15, -0.1) is 0 Å². The van der Waals surface area contributed by atoms with Gasteiger partial charge in [-0.05, 0) is 25.6 Å². The molecule has 0 bridgehead atoms. The minimum atomic E-state index is -3.70. The molecule has 0 spiro atoms. The Morgan fingerprint density at radius 3 is 2.50 bits per heavy atom. The lowest BCUT2D eigenvalue weighted by Gasteiger charge is -2.16. The van der Waals surface area contributed by atoms with Crippen molar-refractivity contribution in [2.75, 3.05) is 26.2 Å². The van der Waals surface area contributed by atoms with Gasteiger partial charge in [-0.2, -0.15) is 4.31 Å². The highest BCUT2D eigenvalue weighted by molar-refractivity contribution is 7.89. The first-order chi connectivity index (χ1) is 10.4. The van der Waals surface area contributed by atoms with Crippen LogP contribution in [0.15, 0.2) is 29.2 Å². The maximum absolute atomic E-state index is 12.6. The van der Waals surface area contributed by atoms with Crippen LogP contribution in [0.3, 0.4) is 0 Å². The van der Waals surface area contributed by atoms with Crippen LogP contribution in [0.1, 0.15) is 6.92 Å². The molecule has 0 radical (unpaired) electrons. The first kappa shape index (κ1) is 16.8. The summed E-state index contributed by atoms with van der Waals surface area (Å²) in [5.41, 5.74) is 5.53. The lowest BCUT2D eigenvalue weighted by molar-refractivity contribution is -0.384. The van der Waals surface area contributed by atoms with Crippen LogP contribution >= 0.6 is 0 Å². The molecule has 1 aromatic carbocycles. The number of benzene rings is 1. The van der Waals surface area contributed by atoms with Crippen molar-refractivity contribution in [1.29, 1.82) is 0 Å². The quantitative estimate of drug-likeness (QED) is 0.603. The van der Waals surface area contributed by atoms with Crippen LogP contribution < -0.4 is 5.73 Å². The highest BCUT2D eigenvalue weighted by Crippen LogP contribution is 2.27. The Labute approximate surface area is 129 Å². The summed E-state index contributed by atoms with van der Waals surface area (Å²) in [5.74, 6) is -0.0484. The zero-order valence-electron chi connectivity index (χ0n) is 12.2. The van der Waals surface area contributed by atoms with Gasteiger partial charge < -0.3 is 10.5 Å². The Morgan fingerprint density at radius 1 is 1.36 bits per heavy atom. The van der Waals surface area contributed by atoms with E-state index in [2.05, 4.69) is 0 Å². The lowest BCUT2D eigenvalue weighted by atomic mass is 10.1. The predicted molar refractivity (Wildman–Crippen MR) is 79.8 cm³/mol. The van der Waals surface area contributed by atoms with Crippen LogP contribution in [-0.4, -0.2) is 50.0 Å². The number of nitro benzene ring substituents is 1. The van der Waals surface area contributed by atoms with Crippen LogP contribution in [-0.2, 0) is 14.8 Å².